The van der Waals surface area contributed by atoms with E-state index < -0.39 is 0 Å². The van der Waals surface area contributed by atoms with E-state index in [4.69, 9.17) is 9.47 Å². The average Bonchev–Trinajstić information content (AvgIpc) is 2.29. The normalized spacial score (nSPS) is 20.8. The second-order valence-corrected chi connectivity index (χ2v) is 5.81. The van der Waals surface area contributed by atoms with E-state index in [-0.39, 0.29) is 5.41 Å². The van der Waals surface area contributed by atoms with E-state index in [0.29, 0.717) is 5.92 Å². The first-order valence-corrected chi connectivity index (χ1v) is 6.60. The SMILES string of the molecule is COCC(C)(C)C/C=C/C1=CC(C)CC=C1OC. The van der Waals surface area contributed by atoms with E-state index in [1.807, 2.05) is 0 Å². The van der Waals surface area contributed by atoms with E-state index in [9.17, 15) is 0 Å². The molecule has 0 spiro atoms. The molecule has 0 radical (unpaired) electrons. The summed E-state index contributed by atoms with van der Waals surface area (Å²) < 4.78 is 10.6. The van der Waals surface area contributed by atoms with Crippen LogP contribution in [0.4, 0.5) is 0 Å². The molecule has 0 aromatic rings. The van der Waals surface area contributed by atoms with Crippen LogP contribution in [0.3, 0.4) is 0 Å². The molecule has 1 rings (SSSR count). The molecule has 0 bridgehead atoms. The van der Waals surface area contributed by atoms with Gasteiger partial charge in [-0.2, -0.15) is 0 Å². The smallest absolute Gasteiger partial charge is 0.121 e. The van der Waals surface area contributed by atoms with Gasteiger partial charge < -0.3 is 9.47 Å². The Morgan fingerprint density at radius 2 is 2.11 bits per heavy atom. The molecule has 1 aliphatic rings. The molecular formula is C16H26O2. The lowest BCUT2D eigenvalue weighted by Gasteiger charge is -2.21. The van der Waals surface area contributed by atoms with Gasteiger partial charge in [-0.05, 0) is 30.3 Å². The maximum Gasteiger partial charge on any atom is 0.121 e. The minimum Gasteiger partial charge on any atom is -0.496 e. The molecule has 1 atom stereocenters. The van der Waals surface area contributed by atoms with Crippen molar-refractivity contribution in [2.24, 2.45) is 11.3 Å². The summed E-state index contributed by atoms with van der Waals surface area (Å²) >= 11 is 0. The first-order chi connectivity index (χ1) is 8.48. The van der Waals surface area contributed by atoms with Crippen LogP contribution in [0.5, 0.6) is 0 Å². The largest absolute Gasteiger partial charge is 0.496 e. The van der Waals surface area contributed by atoms with Crippen LogP contribution in [-0.4, -0.2) is 20.8 Å². The van der Waals surface area contributed by atoms with Crippen molar-refractivity contribution in [1.29, 1.82) is 0 Å². The molecule has 1 unspecified atom stereocenters. The molecule has 0 heterocycles. The van der Waals surface area contributed by atoms with Crippen molar-refractivity contribution in [3.05, 3.63) is 35.6 Å². The molecule has 0 N–H and O–H groups in total. The molecule has 2 heteroatoms. The van der Waals surface area contributed by atoms with Crippen LogP contribution in [0.1, 0.15) is 33.6 Å². The predicted molar refractivity (Wildman–Crippen MR) is 76.4 cm³/mol. The van der Waals surface area contributed by atoms with Crippen molar-refractivity contribution in [2.75, 3.05) is 20.8 Å². The second kappa shape index (κ2) is 6.79. The fourth-order valence-corrected chi connectivity index (χ4v) is 2.16. The number of hydrogen-bond acceptors (Lipinski definition) is 2. The Balaban J connectivity index is 2.63. The molecule has 0 amide bonds. The van der Waals surface area contributed by atoms with Gasteiger partial charge in [-0.1, -0.05) is 39.0 Å². The second-order valence-electron chi connectivity index (χ2n) is 5.81. The van der Waals surface area contributed by atoms with E-state index >= 15 is 0 Å². The molecule has 0 saturated heterocycles. The van der Waals surface area contributed by atoms with Crippen LogP contribution >= 0.6 is 0 Å². The Bertz CT molecular complexity index is 348. The summed E-state index contributed by atoms with van der Waals surface area (Å²) in [5, 5.41) is 0. The van der Waals surface area contributed by atoms with Gasteiger partial charge in [0.15, 0.2) is 0 Å². The van der Waals surface area contributed by atoms with E-state index in [1.165, 1.54) is 5.57 Å². The Morgan fingerprint density at radius 1 is 1.39 bits per heavy atom. The van der Waals surface area contributed by atoms with Crippen molar-refractivity contribution in [2.45, 2.75) is 33.6 Å². The first kappa shape index (κ1) is 15.0. The van der Waals surface area contributed by atoms with Gasteiger partial charge in [0.1, 0.15) is 5.76 Å². The molecular weight excluding hydrogens is 224 g/mol. The van der Waals surface area contributed by atoms with Crippen molar-refractivity contribution in [1.82, 2.24) is 0 Å². The summed E-state index contributed by atoms with van der Waals surface area (Å²) in [6.45, 7) is 7.43. The van der Waals surface area contributed by atoms with E-state index in [2.05, 4.69) is 45.1 Å². The topological polar surface area (TPSA) is 18.5 Å². The molecule has 0 saturated carbocycles. The predicted octanol–water partition coefficient (Wildman–Crippen LogP) is 4.10. The van der Waals surface area contributed by atoms with Crippen LogP contribution < -0.4 is 0 Å². The Morgan fingerprint density at radius 3 is 2.72 bits per heavy atom. The van der Waals surface area contributed by atoms with Crippen molar-refractivity contribution in [3.8, 4) is 0 Å². The molecule has 0 fully saturated rings. The molecule has 0 aliphatic heterocycles. The summed E-state index contributed by atoms with van der Waals surface area (Å²) in [6.07, 6.45) is 10.9. The van der Waals surface area contributed by atoms with Crippen molar-refractivity contribution < 1.29 is 9.47 Å². The fraction of sp³-hybridized carbons (Fsp3) is 0.625. The average molecular weight is 250 g/mol. The highest BCUT2D eigenvalue weighted by molar-refractivity contribution is 5.38. The number of allylic oxidation sites excluding steroid dienone is 4. The number of ether oxygens (including phenoxy) is 2. The maximum absolute atomic E-state index is 5.40. The molecule has 2 nitrogen and oxygen atoms in total. The monoisotopic (exact) mass is 250 g/mol. The minimum atomic E-state index is 0.184. The maximum atomic E-state index is 5.40. The third-order valence-corrected chi connectivity index (χ3v) is 3.15. The van der Waals surface area contributed by atoms with Gasteiger partial charge in [-0.15, -0.1) is 0 Å². The summed E-state index contributed by atoms with van der Waals surface area (Å²) in [4.78, 5) is 0. The minimum absolute atomic E-state index is 0.184. The molecule has 1 aliphatic carbocycles. The number of methoxy groups -OCH3 is 2. The zero-order valence-corrected chi connectivity index (χ0v) is 12.3. The molecule has 0 aromatic carbocycles. The zero-order chi connectivity index (χ0) is 13.6. The zero-order valence-electron chi connectivity index (χ0n) is 12.3. The summed E-state index contributed by atoms with van der Waals surface area (Å²) in [5.41, 5.74) is 1.38. The van der Waals surface area contributed by atoms with Gasteiger partial charge >= 0.3 is 0 Å². The van der Waals surface area contributed by atoms with Gasteiger partial charge in [0, 0.05) is 12.7 Å². The lowest BCUT2D eigenvalue weighted by molar-refractivity contribution is 0.106. The van der Waals surface area contributed by atoms with Crippen molar-refractivity contribution in [3.63, 3.8) is 0 Å². The highest BCUT2D eigenvalue weighted by atomic mass is 16.5. The Labute approximate surface area is 111 Å². The molecule has 102 valence electrons. The third-order valence-electron chi connectivity index (χ3n) is 3.15. The fourth-order valence-electron chi connectivity index (χ4n) is 2.16. The lowest BCUT2D eigenvalue weighted by atomic mass is 9.89. The highest BCUT2D eigenvalue weighted by Crippen LogP contribution is 2.26. The summed E-state index contributed by atoms with van der Waals surface area (Å²) in [6, 6.07) is 0. The van der Waals surface area contributed by atoms with E-state index in [0.717, 1.165) is 25.2 Å². The van der Waals surface area contributed by atoms with Crippen LogP contribution in [-0.2, 0) is 9.47 Å². The third kappa shape index (κ3) is 4.69. The van der Waals surface area contributed by atoms with Crippen LogP contribution in [0.15, 0.2) is 35.6 Å². The van der Waals surface area contributed by atoms with Gasteiger partial charge in [-0.3, -0.25) is 0 Å². The quantitative estimate of drug-likeness (QED) is 0.706. The van der Waals surface area contributed by atoms with Crippen LogP contribution in [0.25, 0.3) is 0 Å². The van der Waals surface area contributed by atoms with Crippen LogP contribution in [0.2, 0.25) is 0 Å². The van der Waals surface area contributed by atoms with Gasteiger partial charge in [-0.25, -0.2) is 0 Å². The van der Waals surface area contributed by atoms with Gasteiger partial charge in [0.25, 0.3) is 0 Å². The summed E-state index contributed by atoms with van der Waals surface area (Å²) in [7, 11) is 3.49. The number of rotatable bonds is 6. The summed E-state index contributed by atoms with van der Waals surface area (Å²) in [5.74, 6) is 1.59. The molecule has 0 aromatic heterocycles. The van der Waals surface area contributed by atoms with Gasteiger partial charge in [0.2, 0.25) is 0 Å². The molecule has 18 heavy (non-hydrogen) atoms. The lowest BCUT2D eigenvalue weighted by Crippen LogP contribution is -2.17. The van der Waals surface area contributed by atoms with Crippen LogP contribution in [0, 0.1) is 11.3 Å². The number of hydrogen-bond donors (Lipinski definition) is 0. The Hall–Kier alpha value is -1.02. The van der Waals surface area contributed by atoms with Gasteiger partial charge in [0.05, 0.1) is 13.7 Å². The van der Waals surface area contributed by atoms with Crippen molar-refractivity contribution >= 4 is 0 Å². The Kier molecular flexibility index (Phi) is 5.67. The first-order valence-electron chi connectivity index (χ1n) is 6.60. The highest BCUT2D eigenvalue weighted by Gasteiger charge is 2.16. The standard InChI is InChI=1S/C16H26O2/c1-13-8-9-15(18-5)14(11-13)7-6-10-16(2,3)12-17-4/h6-7,9,11,13H,8,10,12H2,1-5H3/b7-6+. The van der Waals surface area contributed by atoms with E-state index in [1.54, 1.807) is 14.2 Å².